The van der Waals surface area contributed by atoms with E-state index in [1.54, 1.807) is 24.3 Å². The molecule has 1 aromatic rings. The van der Waals surface area contributed by atoms with Gasteiger partial charge < -0.3 is 15.8 Å². The lowest BCUT2D eigenvalue weighted by atomic mass is 10.1. The minimum absolute atomic E-state index is 0.0401. The number of ether oxygens (including phenoxy) is 1. The van der Waals surface area contributed by atoms with Crippen LogP contribution in [0.15, 0.2) is 24.3 Å². The van der Waals surface area contributed by atoms with Gasteiger partial charge in [0.25, 0.3) is 5.91 Å². The zero-order valence-electron chi connectivity index (χ0n) is 10.7. The monoisotopic (exact) mass is 248 g/mol. The molecule has 0 radical (unpaired) electrons. The van der Waals surface area contributed by atoms with E-state index in [1.807, 2.05) is 6.92 Å². The highest BCUT2D eigenvalue weighted by molar-refractivity contribution is 5.77. The number of nitrogens with two attached hydrogens (primary N) is 1. The molecule has 0 bridgehead atoms. The Labute approximate surface area is 108 Å². The highest BCUT2D eigenvalue weighted by Crippen LogP contribution is 2.33. The second-order valence-corrected chi connectivity index (χ2v) is 5.01. The van der Waals surface area contributed by atoms with Crippen molar-refractivity contribution in [1.82, 2.24) is 5.32 Å². The number of hydrogen-bond donors (Lipinski definition) is 2. The molecule has 2 rings (SSSR count). The summed E-state index contributed by atoms with van der Waals surface area (Å²) in [6.45, 7) is 2.08. The molecule has 1 amide bonds. The Morgan fingerprint density at radius 2 is 2.33 bits per heavy atom. The number of carbonyl (C=O) groups is 1. The van der Waals surface area contributed by atoms with Gasteiger partial charge in [-0.3, -0.25) is 4.79 Å². The van der Waals surface area contributed by atoms with Crippen LogP contribution in [0.5, 0.6) is 5.75 Å². The summed E-state index contributed by atoms with van der Waals surface area (Å²) in [7, 11) is 0. The summed E-state index contributed by atoms with van der Waals surface area (Å²) in [6.07, 6.45) is 3.68. The first-order chi connectivity index (χ1) is 8.63. The smallest absolute Gasteiger partial charge is 0.258 e. The van der Waals surface area contributed by atoms with Crippen molar-refractivity contribution < 1.29 is 9.53 Å². The number of benzene rings is 1. The Kier molecular flexibility index (Phi) is 4.07. The average molecular weight is 248 g/mol. The average Bonchev–Trinajstić information content (AvgIpc) is 3.10. The molecule has 1 atom stereocenters. The summed E-state index contributed by atoms with van der Waals surface area (Å²) >= 11 is 0. The molecule has 1 aliphatic carbocycles. The van der Waals surface area contributed by atoms with Crippen molar-refractivity contribution in [2.75, 3.05) is 12.3 Å². The third kappa shape index (κ3) is 4.28. The van der Waals surface area contributed by atoms with Gasteiger partial charge in [0.15, 0.2) is 6.61 Å². The Morgan fingerprint density at radius 3 is 3.00 bits per heavy atom. The standard InChI is InChI=1S/C14H20N2O2/c1-10(7-11-5-6-11)16-14(17)9-18-13-4-2-3-12(15)8-13/h2-4,8,10-11H,5-7,9,15H2,1H3,(H,16,17). The lowest BCUT2D eigenvalue weighted by Crippen LogP contribution is -2.36. The topological polar surface area (TPSA) is 64.3 Å². The summed E-state index contributed by atoms with van der Waals surface area (Å²) in [5.74, 6) is 1.36. The van der Waals surface area contributed by atoms with Crippen molar-refractivity contribution >= 4 is 11.6 Å². The number of hydrogen-bond acceptors (Lipinski definition) is 3. The highest BCUT2D eigenvalue weighted by atomic mass is 16.5. The zero-order chi connectivity index (χ0) is 13.0. The maximum absolute atomic E-state index is 11.6. The molecule has 4 heteroatoms. The van der Waals surface area contributed by atoms with Gasteiger partial charge in [-0.2, -0.15) is 0 Å². The summed E-state index contributed by atoms with van der Waals surface area (Å²) in [5, 5.41) is 2.94. The molecule has 1 aliphatic rings. The molecule has 18 heavy (non-hydrogen) atoms. The van der Waals surface area contributed by atoms with Crippen LogP contribution >= 0.6 is 0 Å². The van der Waals surface area contributed by atoms with Crippen LogP contribution < -0.4 is 15.8 Å². The summed E-state index contributed by atoms with van der Waals surface area (Å²) in [4.78, 5) is 11.6. The van der Waals surface area contributed by atoms with Crippen molar-refractivity contribution in [2.45, 2.75) is 32.2 Å². The normalized spacial score (nSPS) is 16.1. The first-order valence-electron chi connectivity index (χ1n) is 6.41. The number of nitrogen functional groups attached to an aromatic ring is 1. The molecule has 1 aromatic carbocycles. The van der Waals surface area contributed by atoms with E-state index < -0.39 is 0 Å². The van der Waals surface area contributed by atoms with Gasteiger partial charge in [-0.05, 0) is 31.4 Å². The quantitative estimate of drug-likeness (QED) is 0.756. The van der Waals surface area contributed by atoms with Gasteiger partial charge in [0, 0.05) is 17.8 Å². The predicted molar refractivity (Wildman–Crippen MR) is 71.3 cm³/mol. The Bertz CT molecular complexity index is 416. The first kappa shape index (κ1) is 12.7. The van der Waals surface area contributed by atoms with Gasteiger partial charge in [-0.25, -0.2) is 0 Å². The lowest BCUT2D eigenvalue weighted by Gasteiger charge is -2.13. The first-order valence-corrected chi connectivity index (χ1v) is 6.41. The highest BCUT2D eigenvalue weighted by Gasteiger charge is 2.24. The summed E-state index contributed by atoms with van der Waals surface area (Å²) in [5.41, 5.74) is 6.26. The molecule has 0 aliphatic heterocycles. The third-order valence-corrected chi connectivity index (χ3v) is 3.02. The van der Waals surface area contributed by atoms with Gasteiger partial charge in [-0.1, -0.05) is 18.9 Å². The fourth-order valence-corrected chi connectivity index (χ4v) is 1.98. The van der Waals surface area contributed by atoms with E-state index in [0.717, 1.165) is 12.3 Å². The van der Waals surface area contributed by atoms with Crippen molar-refractivity contribution in [3.8, 4) is 5.75 Å². The number of anilines is 1. The van der Waals surface area contributed by atoms with Crippen molar-refractivity contribution in [1.29, 1.82) is 0 Å². The van der Waals surface area contributed by atoms with Crippen LogP contribution in [0.2, 0.25) is 0 Å². The number of rotatable bonds is 6. The largest absolute Gasteiger partial charge is 0.484 e. The van der Waals surface area contributed by atoms with Gasteiger partial charge in [0.2, 0.25) is 0 Å². The molecule has 1 saturated carbocycles. The molecule has 4 nitrogen and oxygen atoms in total. The second kappa shape index (κ2) is 5.76. The van der Waals surface area contributed by atoms with Crippen LogP contribution in [0.25, 0.3) is 0 Å². The van der Waals surface area contributed by atoms with Crippen LogP contribution in [0, 0.1) is 5.92 Å². The molecule has 0 saturated heterocycles. The fraction of sp³-hybridized carbons (Fsp3) is 0.500. The lowest BCUT2D eigenvalue weighted by molar-refractivity contribution is -0.123. The van der Waals surface area contributed by atoms with Crippen LogP contribution in [0.4, 0.5) is 5.69 Å². The fourth-order valence-electron chi connectivity index (χ4n) is 1.98. The number of carbonyl (C=O) groups excluding carboxylic acids is 1. The molecule has 0 spiro atoms. The zero-order valence-corrected chi connectivity index (χ0v) is 10.7. The van der Waals surface area contributed by atoms with E-state index in [4.69, 9.17) is 10.5 Å². The van der Waals surface area contributed by atoms with Crippen molar-refractivity contribution in [2.24, 2.45) is 5.92 Å². The van der Waals surface area contributed by atoms with E-state index in [2.05, 4.69) is 5.32 Å². The molecule has 1 unspecified atom stereocenters. The maximum atomic E-state index is 11.6. The molecular formula is C14H20N2O2. The summed E-state index contributed by atoms with van der Waals surface area (Å²) < 4.78 is 5.38. The minimum Gasteiger partial charge on any atom is -0.484 e. The minimum atomic E-state index is -0.0782. The molecule has 98 valence electrons. The Hall–Kier alpha value is -1.71. The second-order valence-electron chi connectivity index (χ2n) is 5.01. The van der Waals surface area contributed by atoms with Gasteiger partial charge >= 0.3 is 0 Å². The van der Waals surface area contributed by atoms with E-state index in [-0.39, 0.29) is 18.6 Å². The third-order valence-electron chi connectivity index (χ3n) is 3.02. The summed E-state index contributed by atoms with van der Waals surface area (Å²) in [6, 6.07) is 7.32. The van der Waals surface area contributed by atoms with Crippen LogP contribution in [-0.4, -0.2) is 18.6 Å². The Morgan fingerprint density at radius 1 is 1.56 bits per heavy atom. The van der Waals surface area contributed by atoms with E-state index >= 15 is 0 Å². The van der Waals surface area contributed by atoms with Crippen LogP contribution in [-0.2, 0) is 4.79 Å². The molecule has 0 aromatic heterocycles. The van der Waals surface area contributed by atoms with Crippen molar-refractivity contribution in [3.05, 3.63) is 24.3 Å². The predicted octanol–water partition coefficient (Wildman–Crippen LogP) is 1.95. The molecule has 0 heterocycles. The maximum Gasteiger partial charge on any atom is 0.258 e. The van der Waals surface area contributed by atoms with Crippen LogP contribution in [0.3, 0.4) is 0 Å². The molecular weight excluding hydrogens is 228 g/mol. The van der Waals surface area contributed by atoms with Crippen molar-refractivity contribution in [3.63, 3.8) is 0 Å². The molecule has 3 N–H and O–H groups in total. The SMILES string of the molecule is CC(CC1CC1)NC(=O)COc1cccc(N)c1. The van der Waals surface area contributed by atoms with E-state index in [1.165, 1.54) is 12.8 Å². The number of amides is 1. The molecule has 1 fully saturated rings. The van der Waals surface area contributed by atoms with Gasteiger partial charge in [0.1, 0.15) is 5.75 Å². The number of nitrogens with one attached hydrogen (secondary N) is 1. The van der Waals surface area contributed by atoms with E-state index in [9.17, 15) is 4.79 Å². The van der Waals surface area contributed by atoms with Gasteiger partial charge in [0.05, 0.1) is 0 Å². The van der Waals surface area contributed by atoms with Gasteiger partial charge in [-0.15, -0.1) is 0 Å². The van der Waals surface area contributed by atoms with E-state index in [0.29, 0.717) is 11.4 Å². The Balaban J connectivity index is 1.70. The van der Waals surface area contributed by atoms with Crippen LogP contribution in [0.1, 0.15) is 26.2 Å².